The summed E-state index contributed by atoms with van der Waals surface area (Å²) in [6.45, 7) is 6.31. The normalized spacial score (nSPS) is 24.3. The van der Waals surface area contributed by atoms with Crippen molar-refractivity contribution in [2.24, 2.45) is 5.92 Å². The summed E-state index contributed by atoms with van der Waals surface area (Å²) < 4.78 is 5.56. The van der Waals surface area contributed by atoms with E-state index in [1.807, 2.05) is 6.07 Å². The van der Waals surface area contributed by atoms with Gasteiger partial charge in [0.25, 0.3) is 0 Å². The fraction of sp³-hybridized carbons (Fsp3) is 0.562. The van der Waals surface area contributed by atoms with Crippen molar-refractivity contribution in [1.82, 2.24) is 4.90 Å². The summed E-state index contributed by atoms with van der Waals surface area (Å²) in [5.74, 6) is 1.23. The second kappa shape index (κ2) is 6.74. The number of nitriles is 1. The molecule has 3 unspecified atom stereocenters. The van der Waals surface area contributed by atoms with E-state index >= 15 is 0 Å². The molecule has 0 bridgehead atoms. The van der Waals surface area contributed by atoms with E-state index in [4.69, 9.17) is 10.00 Å². The Morgan fingerprint density at radius 2 is 2.20 bits per heavy atom. The van der Waals surface area contributed by atoms with Crippen LogP contribution in [0.15, 0.2) is 24.3 Å². The average molecular weight is 274 g/mol. The van der Waals surface area contributed by atoms with E-state index in [1.54, 1.807) is 18.2 Å². The molecule has 1 aromatic carbocycles. The van der Waals surface area contributed by atoms with E-state index in [9.17, 15) is 5.11 Å². The highest BCUT2D eigenvalue weighted by Gasteiger charge is 2.27. The molecule has 1 N–H and O–H groups in total. The summed E-state index contributed by atoms with van der Waals surface area (Å²) in [4.78, 5) is 2.30. The Kier molecular flexibility index (Phi) is 4.99. The summed E-state index contributed by atoms with van der Waals surface area (Å²) in [7, 11) is 0. The molecule has 1 aliphatic heterocycles. The summed E-state index contributed by atoms with van der Waals surface area (Å²) in [6.07, 6.45) is 0.652. The van der Waals surface area contributed by atoms with Crippen molar-refractivity contribution in [2.45, 2.75) is 32.4 Å². The van der Waals surface area contributed by atoms with Crippen LogP contribution in [0, 0.1) is 17.2 Å². The molecule has 4 heteroatoms. The lowest BCUT2D eigenvalue weighted by molar-refractivity contribution is 0.0654. The van der Waals surface area contributed by atoms with Gasteiger partial charge in [-0.2, -0.15) is 5.26 Å². The van der Waals surface area contributed by atoms with Crippen LogP contribution in [-0.4, -0.2) is 41.8 Å². The zero-order valence-corrected chi connectivity index (χ0v) is 12.1. The third kappa shape index (κ3) is 3.72. The first-order valence-electron chi connectivity index (χ1n) is 7.14. The van der Waals surface area contributed by atoms with Crippen molar-refractivity contribution >= 4 is 0 Å². The van der Waals surface area contributed by atoms with Crippen molar-refractivity contribution in [2.75, 3.05) is 19.7 Å². The minimum atomic E-state index is -0.533. The van der Waals surface area contributed by atoms with Crippen LogP contribution in [0.2, 0.25) is 0 Å². The molecule has 0 radical (unpaired) electrons. The fourth-order valence-corrected chi connectivity index (χ4v) is 2.83. The first kappa shape index (κ1) is 14.8. The van der Waals surface area contributed by atoms with Crippen LogP contribution in [0.4, 0.5) is 0 Å². The van der Waals surface area contributed by atoms with E-state index in [0.717, 1.165) is 6.54 Å². The Bertz CT molecular complexity index is 484. The lowest BCUT2D eigenvalue weighted by Gasteiger charge is -2.24. The molecule has 2 rings (SSSR count). The first-order chi connectivity index (χ1) is 9.60. The van der Waals surface area contributed by atoms with Crippen LogP contribution in [-0.2, 0) is 0 Å². The van der Waals surface area contributed by atoms with Gasteiger partial charge in [-0.05, 0) is 31.4 Å². The highest BCUT2D eigenvalue weighted by molar-refractivity contribution is 5.42. The van der Waals surface area contributed by atoms with E-state index in [0.29, 0.717) is 29.8 Å². The molecule has 1 aromatic rings. The van der Waals surface area contributed by atoms with Gasteiger partial charge in [-0.3, -0.25) is 4.90 Å². The number of hydrogen-bond acceptors (Lipinski definition) is 4. The second-order valence-electron chi connectivity index (χ2n) is 5.72. The van der Waals surface area contributed by atoms with Gasteiger partial charge in [0, 0.05) is 19.1 Å². The van der Waals surface area contributed by atoms with Gasteiger partial charge in [0.05, 0.1) is 5.56 Å². The number of nitrogens with zero attached hydrogens (tertiary/aromatic N) is 2. The third-order valence-corrected chi connectivity index (χ3v) is 3.80. The second-order valence-corrected chi connectivity index (χ2v) is 5.72. The molecular formula is C16H22N2O2. The smallest absolute Gasteiger partial charge is 0.137 e. The van der Waals surface area contributed by atoms with Crippen molar-refractivity contribution < 1.29 is 9.84 Å². The number of aliphatic hydroxyl groups excluding tert-OH is 1. The SMILES string of the molecule is CC1CC(C)N(CC(O)COc2ccccc2C#N)C1. The molecule has 3 atom stereocenters. The molecule has 0 saturated carbocycles. The van der Waals surface area contributed by atoms with Gasteiger partial charge < -0.3 is 9.84 Å². The Labute approximate surface area is 120 Å². The van der Waals surface area contributed by atoms with E-state index in [-0.39, 0.29) is 6.61 Å². The van der Waals surface area contributed by atoms with Crippen LogP contribution >= 0.6 is 0 Å². The van der Waals surface area contributed by atoms with Crippen molar-refractivity contribution in [1.29, 1.82) is 5.26 Å². The largest absolute Gasteiger partial charge is 0.489 e. The van der Waals surface area contributed by atoms with Crippen LogP contribution in [0.25, 0.3) is 0 Å². The standard InChI is InChI=1S/C16H22N2O2/c1-12-7-13(2)18(9-12)10-15(19)11-20-16-6-4-3-5-14(16)8-17/h3-6,12-13,15,19H,7,9-11H2,1-2H3. The third-order valence-electron chi connectivity index (χ3n) is 3.80. The lowest BCUT2D eigenvalue weighted by atomic mass is 10.1. The molecule has 108 valence electrons. The van der Waals surface area contributed by atoms with Crippen LogP contribution in [0.3, 0.4) is 0 Å². The quantitative estimate of drug-likeness (QED) is 0.892. The van der Waals surface area contributed by atoms with E-state index in [2.05, 4.69) is 24.8 Å². The average Bonchev–Trinajstić information content (AvgIpc) is 2.75. The van der Waals surface area contributed by atoms with Gasteiger partial charge in [-0.15, -0.1) is 0 Å². The molecule has 1 saturated heterocycles. The highest BCUT2D eigenvalue weighted by atomic mass is 16.5. The molecule has 0 amide bonds. The predicted octanol–water partition coefficient (Wildman–Crippen LogP) is 2.03. The van der Waals surface area contributed by atoms with Gasteiger partial charge >= 0.3 is 0 Å². The number of hydrogen-bond donors (Lipinski definition) is 1. The molecule has 1 heterocycles. The number of β-amino-alcohol motifs (C(OH)–C–C–N with tert-alkyl or cyclic N) is 1. The minimum absolute atomic E-state index is 0.219. The van der Waals surface area contributed by atoms with Gasteiger partial charge in [0.1, 0.15) is 24.5 Å². The zero-order chi connectivity index (χ0) is 14.5. The molecular weight excluding hydrogens is 252 g/mol. The number of aliphatic hydroxyl groups is 1. The van der Waals surface area contributed by atoms with Gasteiger partial charge in [-0.25, -0.2) is 0 Å². The summed E-state index contributed by atoms with van der Waals surface area (Å²) in [6, 6.07) is 9.70. The number of rotatable bonds is 5. The summed E-state index contributed by atoms with van der Waals surface area (Å²) >= 11 is 0. The molecule has 0 aromatic heterocycles. The maximum absolute atomic E-state index is 10.1. The predicted molar refractivity (Wildman–Crippen MR) is 77.5 cm³/mol. The van der Waals surface area contributed by atoms with Crippen LogP contribution in [0.1, 0.15) is 25.8 Å². The van der Waals surface area contributed by atoms with Crippen molar-refractivity contribution in [3.63, 3.8) is 0 Å². The van der Waals surface area contributed by atoms with Crippen molar-refractivity contribution in [3.05, 3.63) is 29.8 Å². The lowest BCUT2D eigenvalue weighted by Crippen LogP contribution is -2.37. The van der Waals surface area contributed by atoms with Crippen molar-refractivity contribution in [3.8, 4) is 11.8 Å². The minimum Gasteiger partial charge on any atom is -0.489 e. The molecule has 0 aliphatic carbocycles. The van der Waals surface area contributed by atoms with E-state index in [1.165, 1.54) is 6.42 Å². The van der Waals surface area contributed by atoms with Crippen LogP contribution in [0.5, 0.6) is 5.75 Å². The molecule has 4 nitrogen and oxygen atoms in total. The Morgan fingerprint density at radius 1 is 1.45 bits per heavy atom. The fourth-order valence-electron chi connectivity index (χ4n) is 2.83. The number of ether oxygens (including phenoxy) is 1. The number of para-hydroxylation sites is 1. The molecule has 1 aliphatic rings. The molecule has 20 heavy (non-hydrogen) atoms. The van der Waals surface area contributed by atoms with Crippen LogP contribution < -0.4 is 4.74 Å². The van der Waals surface area contributed by atoms with Gasteiger partial charge in [0.15, 0.2) is 0 Å². The number of likely N-dealkylation sites (tertiary alicyclic amines) is 1. The Morgan fingerprint density at radius 3 is 2.85 bits per heavy atom. The number of benzene rings is 1. The topological polar surface area (TPSA) is 56.5 Å². The maximum Gasteiger partial charge on any atom is 0.137 e. The molecule has 1 fully saturated rings. The van der Waals surface area contributed by atoms with E-state index < -0.39 is 6.10 Å². The monoisotopic (exact) mass is 274 g/mol. The summed E-state index contributed by atoms with van der Waals surface area (Å²) in [5.41, 5.74) is 0.503. The Hall–Kier alpha value is -1.57. The zero-order valence-electron chi connectivity index (χ0n) is 12.1. The Balaban J connectivity index is 1.83. The summed E-state index contributed by atoms with van der Waals surface area (Å²) in [5, 5.41) is 19.1. The first-order valence-corrected chi connectivity index (χ1v) is 7.14. The maximum atomic E-state index is 10.1. The van der Waals surface area contributed by atoms with Gasteiger partial charge in [0.2, 0.25) is 0 Å². The molecule has 0 spiro atoms. The van der Waals surface area contributed by atoms with Gasteiger partial charge in [-0.1, -0.05) is 19.1 Å². The highest BCUT2D eigenvalue weighted by Crippen LogP contribution is 2.22.